The van der Waals surface area contributed by atoms with Crippen molar-refractivity contribution in [1.29, 1.82) is 0 Å². The molecule has 0 aliphatic heterocycles. The first kappa shape index (κ1) is 20.9. The Morgan fingerprint density at radius 1 is 1.07 bits per heavy atom. The predicted octanol–water partition coefficient (Wildman–Crippen LogP) is 3.27. The molecule has 0 aliphatic rings. The lowest BCUT2D eigenvalue weighted by atomic mass is 10.1. The van der Waals surface area contributed by atoms with Crippen LogP contribution in [0.4, 0.5) is 5.69 Å². The van der Waals surface area contributed by atoms with E-state index in [1.807, 2.05) is 39.8 Å². The second-order valence-corrected chi connectivity index (χ2v) is 8.53. The lowest BCUT2D eigenvalue weighted by molar-refractivity contribution is -0.116. The highest BCUT2D eigenvalue weighted by Gasteiger charge is 2.23. The van der Waals surface area contributed by atoms with E-state index in [-0.39, 0.29) is 11.4 Å². The number of likely N-dealkylation sites (N-methyl/N-ethyl adjacent to an activating group) is 1. The minimum atomic E-state index is -3.75. The summed E-state index contributed by atoms with van der Waals surface area (Å²) in [6, 6.07) is 10.4. The fourth-order valence-electron chi connectivity index (χ4n) is 2.54. The maximum atomic E-state index is 12.7. The van der Waals surface area contributed by atoms with Crippen LogP contribution < -0.4 is 10.1 Å². The van der Waals surface area contributed by atoms with E-state index in [2.05, 4.69) is 5.32 Å². The van der Waals surface area contributed by atoms with Gasteiger partial charge in [-0.1, -0.05) is 12.1 Å². The van der Waals surface area contributed by atoms with Gasteiger partial charge in [0.1, 0.15) is 5.75 Å². The lowest BCUT2D eigenvalue weighted by Crippen LogP contribution is -2.35. The third kappa shape index (κ3) is 5.08. The van der Waals surface area contributed by atoms with Gasteiger partial charge in [-0.3, -0.25) is 4.79 Å². The van der Waals surface area contributed by atoms with Crippen LogP contribution in [-0.4, -0.2) is 38.8 Å². The molecule has 0 saturated heterocycles. The quantitative estimate of drug-likeness (QED) is 0.787. The Labute approximate surface area is 161 Å². The van der Waals surface area contributed by atoms with E-state index < -0.39 is 15.9 Å². The van der Waals surface area contributed by atoms with Gasteiger partial charge in [-0.2, -0.15) is 4.31 Å². The Kier molecular flexibility index (Phi) is 6.62. The summed E-state index contributed by atoms with van der Waals surface area (Å²) in [6.45, 7) is 7.73. The number of rotatable bonds is 7. The van der Waals surface area contributed by atoms with E-state index in [0.717, 1.165) is 21.0 Å². The molecule has 6 nitrogen and oxygen atoms in total. The van der Waals surface area contributed by atoms with Crippen LogP contribution in [0.3, 0.4) is 0 Å². The van der Waals surface area contributed by atoms with Gasteiger partial charge in [0.05, 0.1) is 23.7 Å². The van der Waals surface area contributed by atoms with Crippen LogP contribution >= 0.6 is 0 Å². The Balaban J connectivity index is 2.14. The molecule has 0 aromatic heterocycles. The molecule has 1 amide bonds. The van der Waals surface area contributed by atoms with Crippen LogP contribution in [0, 0.1) is 20.8 Å². The highest BCUT2D eigenvalue weighted by Crippen LogP contribution is 2.26. The molecule has 2 rings (SSSR count). The minimum Gasteiger partial charge on any atom is -0.492 e. The summed E-state index contributed by atoms with van der Waals surface area (Å²) in [7, 11) is -2.36. The van der Waals surface area contributed by atoms with Crippen LogP contribution in [0.2, 0.25) is 0 Å². The molecular weight excluding hydrogens is 364 g/mol. The molecule has 0 radical (unpaired) electrons. The standard InChI is InChI=1S/C20H26N2O4S/c1-6-26-19-11-14(2)7-10-18(19)21-20(23)13-22(5)27(24,25)17-9-8-15(3)16(4)12-17/h7-12H,6,13H2,1-5H3,(H,21,23). The molecule has 0 aliphatic carbocycles. The second kappa shape index (κ2) is 8.54. The van der Waals surface area contributed by atoms with Gasteiger partial charge in [0, 0.05) is 7.05 Å². The van der Waals surface area contributed by atoms with Crippen molar-refractivity contribution in [1.82, 2.24) is 4.31 Å². The minimum absolute atomic E-state index is 0.172. The number of hydrogen-bond donors (Lipinski definition) is 1. The Hall–Kier alpha value is -2.38. The zero-order chi connectivity index (χ0) is 20.2. The fraction of sp³-hybridized carbons (Fsp3) is 0.350. The molecule has 2 aromatic rings. The molecule has 27 heavy (non-hydrogen) atoms. The topological polar surface area (TPSA) is 75.7 Å². The van der Waals surface area contributed by atoms with Gasteiger partial charge in [0.15, 0.2) is 0 Å². The molecule has 146 valence electrons. The average molecular weight is 391 g/mol. The van der Waals surface area contributed by atoms with E-state index in [4.69, 9.17) is 4.74 Å². The first-order chi connectivity index (χ1) is 12.6. The number of nitrogens with one attached hydrogen (secondary N) is 1. The Morgan fingerprint density at radius 2 is 1.78 bits per heavy atom. The molecule has 0 heterocycles. The third-order valence-corrected chi connectivity index (χ3v) is 6.06. The Bertz CT molecular complexity index is 939. The summed E-state index contributed by atoms with van der Waals surface area (Å²) >= 11 is 0. The first-order valence-electron chi connectivity index (χ1n) is 8.72. The van der Waals surface area contributed by atoms with E-state index in [1.165, 1.54) is 7.05 Å². The highest BCUT2D eigenvalue weighted by atomic mass is 32.2. The van der Waals surface area contributed by atoms with E-state index in [9.17, 15) is 13.2 Å². The van der Waals surface area contributed by atoms with Crippen molar-refractivity contribution < 1.29 is 17.9 Å². The SMILES string of the molecule is CCOc1cc(C)ccc1NC(=O)CN(C)S(=O)(=O)c1ccc(C)c(C)c1. The lowest BCUT2D eigenvalue weighted by Gasteiger charge is -2.18. The van der Waals surface area contributed by atoms with Gasteiger partial charge in [-0.25, -0.2) is 8.42 Å². The van der Waals surface area contributed by atoms with Crippen molar-refractivity contribution in [3.8, 4) is 5.75 Å². The van der Waals surface area contributed by atoms with Crippen molar-refractivity contribution in [3.63, 3.8) is 0 Å². The largest absolute Gasteiger partial charge is 0.492 e. The number of amides is 1. The molecule has 0 fully saturated rings. The van der Waals surface area contributed by atoms with E-state index >= 15 is 0 Å². The second-order valence-electron chi connectivity index (χ2n) is 6.49. The molecule has 0 bridgehead atoms. The maximum absolute atomic E-state index is 12.7. The maximum Gasteiger partial charge on any atom is 0.243 e. The Morgan fingerprint density at radius 3 is 2.41 bits per heavy atom. The van der Waals surface area contributed by atoms with Gasteiger partial charge < -0.3 is 10.1 Å². The van der Waals surface area contributed by atoms with E-state index in [1.54, 1.807) is 24.3 Å². The van der Waals surface area contributed by atoms with Gasteiger partial charge in [-0.05, 0) is 68.7 Å². The van der Waals surface area contributed by atoms with Gasteiger partial charge in [0.25, 0.3) is 0 Å². The third-order valence-electron chi connectivity index (χ3n) is 4.26. The normalized spacial score (nSPS) is 11.5. The van der Waals surface area contributed by atoms with Crippen molar-refractivity contribution in [2.24, 2.45) is 0 Å². The fourth-order valence-corrected chi connectivity index (χ4v) is 3.75. The molecule has 0 spiro atoms. The average Bonchev–Trinajstić information content (AvgIpc) is 2.59. The van der Waals surface area contributed by atoms with Gasteiger partial charge in [-0.15, -0.1) is 0 Å². The van der Waals surface area contributed by atoms with Crippen LogP contribution in [0.1, 0.15) is 23.6 Å². The number of carbonyl (C=O) groups excluding carboxylic acids is 1. The van der Waals surface area contributed by atoms with Crippen LogP contribution in [0.25, 0.3) is 0 Å². The van der Waals surface area contributed by atoms with Gasteiger partial charge >= 0.3 is 0 Å². The molecular formula is C20H26N2O4S. The zero-order valence-corrected chi connectivity index (χ0v) is 17.2. The number of anilines is 1. The van der Waals surface area contributed by atoms with Crippen molar-refractivity contribution in [3.05, 3.63) is 53.1 Å². The number of carbonyl (C=O) groups is 1. The summed E-state index contributed by atoms with van der Waals surface area (Å²) in [5, 5.41) is 2.73. The van der Waals surface area contributed by atoms with Crippen molar-refractivity contribution in [2.45, 2.75) is 32.6 Å². The summed E-state index contributed by atoms with van der Waals surface area (Å²) < 4.78 is 32.0. The monoisotopic (exact) mass is 390 g/mol. The summed E-state index contributed by atoms with van der Waals surface area (Å²) in [4.78, 5) is 12.6. The molecule has 2 aromatic carbocycles. The van der Waals surface area contributed by atoms with E-state index in [0.29, 0.717) is 18.0 Å². The number of nitrogens with zero attached hydrogens (tertiary/aromatic N) is 1. The molecule has 7 heteroatoms. The van der Waals surface area contributed by atoms with Crippen LogP contribution in [0.15, 0.2) is 41.3 Å². The molecule has 0 atom stereocenters. The number of ether oxygens (including phenoxy) is 1. The molecule has 0 saturated carbocycles. The zero-order valence-electron chi connectivity index (χ0n) is 16.4. The molecule has 1 N–H and O–H groups in total. The number of benzene rings is 2. The summed E-state index contributed by atoms with van der Waals surface area (Å²) in [5.41, 5.74) is 3.42. The van der Waals surface area contributed by atoms with Crippen molar-refractivity contribution in [2.75, 3.05) is 25.5 Å². The highest BCUT2D eigenvalue weighted by molar-refractivity contribution is 7.89. The number of hydrogen-bond acceptors (Lipinski definition) is 4. The summed E-state index contributed by atoms with van der Waals surface area (Å²) in [5.74, 6) is 0.125. The predicted molar refractivity (Wildman–Crippen MR) is 107 cm³/mol. The summed E-state index contributed by atoms with van der Waals surface area (Å²) in [6.07, 6.45) is 0. The van der Waals surface area contributed by atoms with Crippen molar-refractivity contribution >= 4 is 21.6 Å². The molecule has 0 unspecified atom stereocenters. The van der Waals surface area contributed by atoms with Crippen LogP contribution in [-0.2, 0) is 14.8 Å². The van der Waals surface area contributed by atoms with Gasteiger partial charge in [0.2, 0.25) is 15.9 Å². The smallest absolute Gasteiger partial charge is 0.243 e. The van der Waals surface area contributed by atoms with Crippen LogP contribution in [0.5, 0.6) is 5.75 Å². The number of aryl methyl sites for hydroxylation is 3. The first-order valence-corrected chi connectivity index (χ1v) is 10.2. The number of sulfonamides is 1.